The predicted molar refractivity (Wildman–Crippen MR) is 79.9 cm³/mol. The minimum atomic E-state index is -0.865. The molecule has 1 unspecified atom stereocenters. The van der Waals surface area contributed by atoms with E-state index in [1.165, 1.54) is 0 Å². The second-order valence-electron chi connectivity index (χ2n) is 4.79. The number of ether oxygens (including phenoxy) is 2. The molecule has 21 heavy (non-hydrogen) atoms. The van der Waals surface area contributed by atoms with Crippen LogP contribution >= 0.6 is 11.8 Å². The molecule has 2 fully saturated rings. The third-order valence-electron chi connectivity index (χ3n) is 3.38. The Morgan fingerprint density at radius 2 is 2.00 bits per heavy atom. The van der Waals surface area contributed by atoms with Gasteiger partial charge in [-0.2, -0.15) is 11.8 Å². The third kappa shape index (κ3) is 3.41. The van der Waals surface area contributed by atoms with Gasteiger partial charge >= 0.3 is 12.1 Å². The molecule has 1 atom stereocenters. The van der Waals surface area contributed by atoms with Gasteiger partial charge in [-0.15, -0.1) is 0 Å². The van der Waals surface area contributed by atoms with Crippen LogP contribution in [-0.4, -0.2) is 49.3 Å². The fourth-order valence-electron chi connectivity index (χ4n) is 2.25. The standard InChI is InChI=1S/C14H16N2O4S/c17-13(12-9-15-14(18)20-12)19-11-3-1-10(2-4-11)16-5-7-21-8-6-16/h1-4,12H,5-9H2,(H,15,18). The minimum Gasteiger partial charge on any atom is -0.432 e. The second-order valence-corrected chi connectivity index (χ2v) is 6.01. The average molecular weight is 308 g/mol. The molecule has 1 aromatic carbocycles. The van der Waals surface area contributed by atoms with E-state index in [-0.39, 0.29) is 6.54 Å². The highest BCUT2D eigenvalue weighted by Crippen LogP contribution is 2.22. The Kier molecular flexibility index (Phi) is 4.19. The molecule has 0 spiro atoms. The number of nitrogens with zero attached hydrogens (tertiary/aromatic N) is 1. The van der Waals surface area contributed by atoms with Crippen molar-refractivity contribution >= 4 is 29.5 Å². The van der Waals surface area contributed by atoms with Crippen LogP contribution in [0.25, 0.3) is 0 Å². The van der Waals surface area contributed by atoms with Gasteiger partial charge in [0.25, 0.3) is 0 Å². The Bertz CT molecular complexity index is 528. The lowest BCUT2D eigenvalue weighted by atomic mass is 10.2. The van der Waals surface area contributed by atoms with Gasteiger partial charge < -0.3 is 19.7 Å². The number of alkyl carbamates (subject to hydrolysis) is 1. The fraction of sp³-hybridized carbons (Fsp3) is 0.429. The van der Waals surface area contributed by atoms with Crippen molar-refractivity contribution in [2.45, 2.75) is 6.10 Å². The molecule has 3 rings (SSSR count). The summed E-state index contributed by atoms with van der Waals surface area (Å²) in [6.07, 6.45) is -1.45. The maximum absolute atomic E-state index is 11.8. The van der Waals surface area contributed by atoms with E-state index in [2.05, 4.69) is 10.2 Å². The minimum absolute atomic E-state index is 0.154. The van der Waals surface area contributed by atoms with Crippen molar-refractivity contribution < 1.29 is 19.1 Å². The largest absolute Gasteiger partial charge is 0.432 e. The number of carbonyl (C=O) groups is 2. The zero-order valence-electron chi connectivity index (χ0n) is 11.4. The van der Waals surface area contributed by atoms with Crippen LogP contribution in [0.15, 0.2) is 24.3 Å². The first kappa shape index (κ1) is 14.1. The van der Waals surface area contributed by atoms with Crippen LogP contribution in [-0.2, 0) is 9.53 Å². The summed E-state index contributed by atoms with van der Waals surface area (Å²) in [5.41, 5.74) is 1.13. The molecule has 0 saturated carbocycles. The van der Waals surface area contributed by atoms with E-state index >= 15 is 0 Å². The molecule has 2 heterocycles. The summed E-state index contributed by atoms with van der Waals surface area (Å²) in [6, 6.07) is 7.41. The monoisotopic (exact) mass is 308 g/mol. The zero-order chi connectivity index (χ0) is 14.7. The number of carbonyl (C=O) groups excluding carboxylic acids is 2. The quantitative estimate of drug-likeness (QED) is 0.670. The van der Waals surface area contributed by atoms with Crippen molar-refractivity contribution in [3.63, 3.8) is 0 Å². The van der Waals surface area contributed by atoms with Gasteiger partial charge in [0, 0.05) is 30.3 Å². The number of benzene rings is 1. The van der Waals surface area contributed by atoms with Crippen molar-refractivity contribution in [1.29, 1.82) is 0 Å². The number of hydrogen-bond acceptors (Lipinski definition) is 6. The average Bonchev–Trinajstić information content (AvgIpc) is 2.96. The van der Waals surface area contributed by atoms with E-state index in [1.54, 1.807) is 12.1 Å². The van der Waals surface area contributed by atoms with Gasteiger partial charge in [-0.1, -0.05) is 0 Å². The van der Waals surface area contributed by atoms with E-state index < -0.39 is 18.2 Å². The van der Waals surface area contributed by atoms with Crippen LogP contribution in [0.1, 0.15) is 0 Å². The molecular weight excluding hydrogens is 292 g/mol. The van der Waals surface area contributed by atoms with Crippen molar-refractivity contribution in [3.8, 4) is 5.75 Å². The summed E-state index contributed by atoms with van der Waals surface area (Å²) >= 11 is 1.96. The van der Waals surface area contributed by atoms with E-state index in [4.69, 9.17) is 9.47 Å². The first-order valence-electron chi connectivity index (χ1n) is 6.81. The lowest BCUT2D eigenvalue weighted by molar-refractivity contribution is -0.141. The number of thioether (sulfide) groups is 1. The summed E-state index contributed by atoms with van der Waals surface area (Å²) < 4.78 is 9.99. The van der Waals surface area contributed by atoms with E-state index in [0.29, 0.717) is 5.75 Å². The number of amides is 1. The van der Waals surface area contributed by atoms with Crippen molar-refractivity contribution in [2.75, 3.05) is 36.0 Å². The topological polar surface area (TPSA) is 67.9 Å². The molecule has 112 valence electrons. The predicted octanol–water partition coefficient (Wildman–Crippen LogP) is 1.25. The Morgan fingerprint density at radius 3 is 2.62 bits per heavy atom. The SMILES string of the molecule is O=C1NCC(C(=O)Oc2ccc(N3CCSCC3)cc2)O1. The molecule has 2 aliphatic rings. The maximum atomic E-state index is 11.8. The first-order chi connectivity index (χ1) is 10.2. The molecule has 0 aliphatic carbocycles. The van der Waals surface area contributed by atoms with Crippen LogP contribution in [0.3, 0.4) is 0 Å². The summed E-state index contributed by atoms with van der Waals surface area (Å²) in [5, 5.41) is 2.42. The summed E-state index contributed by atoms with van der Waals surface area (Å²) in [4.78, 5) is 25.0. The van der Waals surface area contributed by atoms with Crippen LogP contribution in [0.2, 0.25) is 0 Å². The van der Waals surface area contributed by atoms with Gasteiger partial charge in [0.1, 0.15) is 5.75 Å². The summed E-state index contributed by atoms with van der Waals surface area (Å²) in [5.74, 6) is 2.17. The van der Waals surface area contributed by atoms with Gasteiger partial charge in [0.05, 0.1) is 6.54 Å². The van der Waals surface area contributed by atoms with Gasteiger partial charge in [0.2, 0.25) is 6.10 Å². The lowest BCUT2D eigenvalue weighted by Crippen LogP contribution is -2.32. The number of anilines is 1. The van der Waals surface area contributed by atoms with Crippen LogP contribution in [0, 0.1) is 0 Å². The number of esters is 1. The van der Waals surface area contributed by atoms with Crippen molar-refractivity contribution in [3.05, 3.63) is 24.3 Å². The Balaban J connectivity index is 1.59. The highest BCUT2D eigenvalue weighted by Gasteiger charge is 2.31. The highest BCUT2D eigenvalue weighted by molar-refractivity contribution is 7.99. The molecule has 2 saturated heterocycles. The Morgan fingerprint density at radius 1 is 1.29 bits per heavy atom. The van der Waals surface area contributed by atoms with Crippen molar-refractivity contribution in [1.82, 2.24) is 5.32 Å². The second kappa shape index (κ2) is 6.26. The zero-order valence-corrected chi connectivity index (χ0v) is 12.2. The van der Waals surface area contributed by atoms with Crippen molar-refractivity contribution in [2.24, 2.45) is 0 Å². The summed E-state index contributed by atoms with van der Waals surface area (Å²) in [6.45, 7) is 2.22. The maximum Gasteiger partial charge on any atom is 0.408 e. The molecule has 0 bridgehead atoms. The van der Waals surface area contributed by atoms with Gasteiger partial charge in [0.15, 0.2) is 0 Å². The first-order valence-corrected chi connectivity index (χ1v) is 7.97. The van der Waals surface area contributed by atoms with E-state index in [0.717, 1.165) is 30.3 Å². The smallest absolute Gasteiger partial charge is 0.408 e. The third-order valence-corrected chi connectivity index (χ3v) is 4.32. The number of nitrogens with one attached hydrogen (secondary N) is 1. The molecule has 0 aromatic heterocycles. The molecule has 1 amide bonds. The van der Waals surface area contributed by atoms with Gasteiger partial charge in [-0.3, -0.25) is 0 Å². The van der Waals surface area contributed by atoms with Crippen LogP contribution < -0.4 is 15.0 Å². The number of cyclic esters (lactones) is 1. The van der Waals surface area contributed by atoms with E-state index in [1.807, 2.05) is 23.9 Å². The van der Waals surface area contributed by atoms with Gasteiger partial charge in [-0.05, 0) is 24.3 Å². The number of hydrogen-bond donors (Lipinski definition) is 1. The fourth-order valence-corrected chi connectivity index (χ4v) is 3.15. The molecule has 1 aromatic rings. The van der Waals surface area contributed by atoms with Gasteiger partial charge in [-0.25, -0.2) is 9.59 Å². The molecule has 7 heteroatoms. The van der Waals surface area contributed by atoms with Crippen LogP contribution in [0.5, 0.6) is 5.75 Å². The van der Waals surface area contributed by atoms with E-state index in [9.17, 15) is 9.59 Å². The summed E-state index contributed by atoms with van der Waals surface area (Å²) in [7, 11) is 0. The Labute approximate surface area is 126 Å². The molecule has 2 aliphatic heterocycles. The molecule has 1 N–H and O–H groups in total. The molecule has 6 nitrogen and oxygen atoms in total. The molecular formula is C14H16N2O4S. The highest BCUT2D eigenvalue weighted by atomic mass is 32.2. The van der Waals surface area contributed by atoms with Crippen LogP contribution in [0.4, 0.5) is 10.5 Å². The number of rotatable bonds is 3. The normalized spacial score (nSPS) is 21.6. The lowest BCUT2D eigenvalue weighted by Gasteiger charge is -2.28. The Hall–Kier alpha value is -1.89. The molecule has 0 radical (unpaired) electrons.